The zero-order valence-electron chi connectivity index (χ0n) is 20.0. The highest BCUT2D eigenvalue weighted by molar-refractivity contribution is 5.37. The summed E-state index contributed by atoms with van der Waals surface area (Å²) in [5.74, 6) is 8.33. The van der Waals surface area contributed by atoms with Gasteiger partial charge in [-0.3, -0.25) is 0 Å². The number of hydrogen-bond donors (Lipinski definition) is 0. The average Bonchev–Trinajstić information content (AvgIpc) is 2.82. The lowest BCUT2D eigenvalue weighted by Gasteiger charge is -2.26. The third-order valence-electron chi connectivity index (χ3n) is 6.94. The third kappa shape index (κ3) is 8.22. The number of benzene rings is 2. The van der Waals surface area contributed by atoms with E-state index in [1.54, 1.807) is 5.56 Å². The fourth-order valence-electron chi connectivity index (χ4n) is 4.80. The zero-order valence-corrected chi connectivity index (χ0v) is 20.0. The van der Waals surface area contributed by atoms with Gasteiger partial charge in [-0.2, -0.15) is 0 Å². The largest absolute Gasteiger partial charge is 0.0945 e. The SMILES string of the molecule is CCCCCCc1ccc(C#C[C@H]2CC[C@H](c3ccc(CCCCC)cc3)CC2)cc1. The Balaban J connectivity index is 1.42. The first-order valence-electron chi connectivity index (χ1n) is 13.0. The molecule has 0 N–H and O–H groups in total. The van der Waals surface area contributed by atoms with Gasteiger partial charge in [-0.1, -0.05) is 94.2 Å². The van der Waals surface area contributed by atoms with Gasteiger partial charge < -0.3 is 0 Å². The van der Waals surface area contributed by atoms with Crippen LogP contribution in [0.1, 0.15) is 113 Å². The fourth-order valence-corrected chi connectivity index (χ4v) is 4.80. The maximum Gasteiger partial charge on any atom is 0.0245 e. The van der Waals surface area contributed by atoms with Crippen LogP contribution >= 0.6 is 0 Å². The first kappa shape index (κ1) is 23.7. The van der Waals surface area contributed by atoms with Gasteiger partial charge in [0.15, 0.2) is 0 Å². The van der Waals surface area contributed by atoms with Crippen molar-refractivity contribution in [3.63, 3.8) is 0 Å². The minimum Gasteiger partial charge on any atom is -0.0945 e. The number of hydrogen-bond acceptors (Lipinski definition) is 0. The van der Waals surface area contributed by atoms with Gasteiger partial charge in [-0.15, -0.1) is 0 Å². The third-order valence-corrected chi connectivity index (χ3v) is 6.94. The lowest BCUT2D eigenvalue weighted by molar-refractivity contribution is 0.384. The van der Waals surface area contributed by atoms with Crippen molar-refractivity contribution in [1.29, 1.82) is 0 Å². The van der Waals surface area contributed by atoms with Gasteiger partial charge in [0, 0.05) is 11.5 Å². The molecular formula is C31H42. The van der Waals surface area contributed by atoms with Crippen LogP contribution in [0.25, 0.3) is 0 Å². The van der Waals surface area contributed by atoms with Crippen LogP contribution in [0, 0.1) is 17.8 Å². The predicted octanol–water partition coefficient (Wildman–Crippen LogP) is 8.87. The van der Waals surface area contributed by atoms with E-state index >= 15 is 0 Å². The van der Waals surface area contributed by atoms with E-state index in [4.69, 9.17) is 0 Å². The fraction of sp³-hybridized carbons (Fsp3) is 0.548. The maximum absolute atomic E-state index is 3.58. The summed E-state index contributed by atoms with van der Waals surface area (Å²) in [5, 5.41) is 0. The van der Waals surface area contributed by atoms with Gasteiger partial charge in [0.1, 0.15) is 0 Å². The van der Waals surface area contributed by atoms with Gasteiger partial charge in [0.2, 0.25) is 0 Å². The van der Waals surface area contributed by atoms with Crippen molar-refractivity contribution in [2.75, 3.05) is 0 Å². The van der Waals surface area contributed by atoms with Crippen molar-refractivity contribution in [2.24, 2.45) is 5.92 Å². The first-order valence-corrected chi connectivity index (χ1v) is 13.0. The van der Waals surface area contributed by atoms with Gasteiger partial charge >= 0.3 is 0 Å². The molecule has 0 bridgehead atoms. The summed E-state index contributed by atoms with van der Waals surface area (Å²) in [6.45, 7) is 4.54. The summed E-state index contributed by atoms with van der Waals surface area (Å²) in [6, 6.07) is 18.5. The monoisotopic (exact) mass is 414 g/mol. The number of unbranched alkanes of at least 4 members (excludes halogenated alkanes) is 5. The molecule has 0 atom stereocenters. The Morgan fingerprint density at radius 3 is 1.81 bits per heavy atom. The van der Waals surface area contributed by atoms with E-state index in [1.165, 1.54) is 100 Å². The van der Waals surface area contributed by atoms with Crippen LogP contribution in [0.15, 0.2) is 48.5 Å². The van der Waals surface area contributed by atoms with E-state index in [1.807, 2.05) is 0 Å². The van der Waals surface area contributed by atoms with Crippen LogP contribution in [-0.4, -0.2) is 0 Å². The van der Waals surface area contributed by atoms with Gasteiger partial charge in [-0.05, 0) is 86.1 Å². The molecule has 1 saturated carbocycles. The van der Waals surface area contributed by atoms with Gasteiger partial charge in [-0.25, -0.2) is 0 Å². The van der Waals surface area contributed by atoms with Gasteiger partial charge in [0.05, 0.1) is 0 Å². The smallest absolute Gasteiger partial charge is 0.0245 e. The molecule has 0 aliphatic heterocycles. The van der Waals surface area contributed by atoms with Crippen LogP contribution < -0.4 is 0 Å². The molecule has 0 aromatic heterocycles. The Hall–Kier alpha value is -2.00. The van der Waals surface area contributed by atoms with E-state index in [2.05, 4.69) is 74.2 Å². The second-order valence-electron chi connectivity index (χ2n) is 9.52. The molecule has 0 heterocycles. The topological polar surface area (TPSA) is 0 Å². The molecule has 0 spiro atoms. The van der Waals surface area contributed by atoms with Crippen molar-refractivity contribution < 1.29 is 0 Å². The van der Waals surface area contributed by atoms with Crippen LogP contribution in [0.3, 0.4) is 0 Å². The lowest BCUT2D eigenvalue weighted by atomic mass is 9.78. The zero-order chi connectivity index (χ0) is 21.7. The molecule has 0 radical (unpaired) electrons. The summed E-state index contributed by atoms with van der Waals surface area (Å²) >= 11 is 0. The average molecular weight is 415 g/mol. The Bertz CT molecular complexity index is 792. The summed E-state index contributed by atoms with van der Waals surface area (Å²) in [6.07, 6.45) is 16.8. The highest BCUT2D eigenvalue weighted by Crippen LogP contribution is 2.35. The molecule has 1 fully saturated rings. The number of rotatable bonds is 10. The van der Waals surface area contributed by atoms with Crippen LogP contribution in [0.4, 0.5) is 0 Å². The molecule has 0 amide bonds. The molecule has 1 aliphatic carbocycles. The summed E-state index contributed by atoms with van der Waals surface area (Å²) in [5.41, 5.74) is 5.68. The highest BCUT2D eigenvalue weighted by Gasteiger charge is 2.21. The Labute approximate surface area is 191 Å². The number of aryl methyl sites for hydroxylation is 2. The van der Waals surface area contributed by atoms with Crippen molar-refractivity contribution in [3.8, 4) is 11.8 Å². The normalized spacial score (nSPS) is 18.4. The highest BCUT2D eigenvalue weighted by atomic mass is 14.2. The first-order chi connectivity index (χ1) is 15.3. The van der Waals surface area contributed by atoms with Crippen molar-refractivity contribution in [1.82, 2.24) is 0 Å². The molecule has 2 aromatic carbocycles. The van der Waals surface area contributed by atoms with Gasteiger partial charge in [0.25, 0.3) is 0 Å². The summed E-state index contributed by atoms with van der Waals surface area (Å²) in [4.78, 5) is 0. The minimum atomic E-state index is 0.568. The lowest BCUT2D eigenvalue weighted by Crippen LogP contribution is -2.12. The Morgan fingerprint density at radius 2 is 1.19 bits per heavy atom. The van der Waals surface area contributed by atoms with E-state index in [0.29, 0.717) is 5.92 Å². The molecule has 0 heteroatoms. The molecule has 1 aliphatic rings. The van der Waals surface area contributed by atoms with Crippen LogP contribution in [-0.2, 0) is 12.8 Å². The van der Waals surface area contributed by atoms with Crippen molar-refractivity contribution in [2.45, 2.75) is 103 Å². The standard InChI is InChI=1S/C31H42/c1-3-5-7-9-11-26-12-14-28(15-13-26)16-17-29-20-24-31(25-21-29)30-22-18-27(19-23-30)10-8-6-4-2/h12-15,18-19,22-23,29,31H,3-11,20-21,24-25H2,1-2H3/t29-,31-. The molecule has 0 unspecified atom stereocenters. The van der Waals surface area contributed by atoms with Crippen LogP contribution in [0.2, 0.25) is 0 Å². The summed E-state index contributed by atoms with van der Waals surface area (Å²) in [7, 11) is 0. The minimum absolute atomic E-state index is 0.568. The Kier molecular flexibility index (Phi) is 10.2. The Morgan fingerprint density at radius 1 is 0.645 bits per heavy atom. The molecule has 2 aromatic rings. The van der Waals surface area contributed by atoms with E-state index in [0.717, 1.165) is 5.92 Å². The second kappa shape index (κ2) is 13.4. The summed E-state index contributed by atoms with van der Waals surface area (Å²) < 4.78 is 0. The molecule has 3 rings (SSSR count). The quantitative estimate of drug-likeness (QED) is 0.269. The maximum atomic E-state index is 3.58. The second-order valence-corrected chi connectivity index (χ2v) is 9.52. The van der Waals surface area contributed by atoms with Crippen LogP contribution in [0.5, 0.6) is 0 Å². The van der Waals surface area contributed by atoms with Crippen molar-refractivity contribution in [3.05, 3.63) is 70.8 Å². The molecular weight excluding hydrogens is 372 g/mol. The molecule has 0 saturated heterocycles. The van der Waals surface area contributed by atoms with E-state index < -0.39 is 0 Å². The van der Waals surface area contributed by atoms with Crippen molar-refractivity contribution >= 4 is 0 Å². The molecule has 166 valence electrons. The predicted molar refractivity (Wildman–Crippen MR) is 136 cm³/mol. The molecule has 0 nitrogen and oxygen atoms in total. The van der Waals surface area contributed by atoms with E-state index in [-0.39, 0.29) is 0 Å². The van der Waals surface area contributed by atoms with E-state index in [9.17, 15) is 0 Å². The molecule has 31 heavy (non-hydrogen) atoms.